The molecular formula is C21H30N4O. The predicted molar refractivity (Wildman–Crippen MR) is 103 cm³/mol. The Kier molecular flexibility index (Phi) is 4.35. The minimum atomic E-state index is 0.162. The van der Waals surface area contributed by atoms with Gasteiger partial charge in [-0.2, -0.15) is 0 Å². The van der Waals surface area contributed by atoms with Crippen molar-refractivity contribution in [2.45, 2.75) is 64.0 Å². The molecule has 3 aliphatic rings. The van der Waals surface area contributed by atoms with E-state index in [0.717, 1.165) is 43.1 Å². The van der Waals surface area contributed by atoms with E-state index >= 15 is 0 Å². The number of fused-ring (bicyclic) bond motifs is 1. The van der Waals surface area contributed by atoms with Crippen LogP contribution < -0.4 is 5.69 Å². The number of nitrogens with zero attached hydrogens (tertiary/aromatic N) is 4. The fraction of sp³-hybridized carbons (Fsp3) is 0.714. The van der Waals surface area contributed by atoms with Crippen molar-refractivity contribution < 1.29 is 0 Å². The second kappa shape index (κ2) is 6.84. The van der Waals surface area contributed by atoms with Gasteiger partial charge in [-0.3, -0.25) is 9.13 Å². The molecule has 0 radical (unpaired) electrons. The third-order valence-electron chi connectivity index (χ3n) is 6.71. The summed E-state index contributed by atoms with van der Waals surface area (Å²) in [6, 6.07) is 4.31. The van der Waals surface area contributed by atoms with Crippen LogP contribution in [0.25, 0.3) is 11.2 Å². The second-order valence-corrected chi connectivity index (χ2v) is 8.76. The van der Waals surface area contributed by atoms with Crippen LogP contribution in [0, 0.1) is 11.8 Å². The molecule has 0 N–H and O–H groups in total. The molecule has 1 aliphatic heterocycles. The lowest BCUT2D eigenvalue weighted by molar-refractivity contribution is 0.228. The summed E-state index contributed by atoms with van der Waals surface area (Å²) in [5, 5.41) is 0. The molecule has 2 aliphatic carbocycles. The molecule has 3 heterocycles. The number of aromatic nitrogens is 3. The summed E-state index contributed by atoms with van der Waals surface area (Å²) in [6.45, 7) is 4.22. The zero-order chi connectivity index (χ0) is 17.5. The number of pyridine rings is 1. The van der Waals surface area contributed by atoms with Crippen LogP contribution >= 0.6 is 0 Å². The van der Waals surface area contributed by atoms with E-state index in [4.69, 9.17) is 0 Å². The Labute approximate surface area is 155 Å². The topological polar surface area (TPSA) is 43.1 Å². The van der Waals surface area contributed by atoms with Crippen LogP contribution in [0.2, 0.25) is 0 Å². The van der Waals surface area contributed by atoms with Crippen LogP contribution in [0.3, 0.4) is 0 Å². The fourth-order valence-corrected chi connectivity index (χ4v) is 5.10. The van der Waals surface area contributed by atoms with E-state index in [-0.39, 0.29) is 11.7 Å². The molecule has 0 unspecified atom stereocenters. The van der Waals surface area contributed by atoms with E-state index in [1.807, 2.05) is 21.4 Å². The monoisotopic (exact) mass is 354 g/mol. The summed E-state index contributed by atoms with van der Waals surface area (Å²) >= 11 is 0. The molecule has 2 aromatic heterocycles. The molecule has 26 heavy (non-hydrogen) atoms. The number of rotatable bonds is 5. The van der Waals surface area contributed by atoms with E-state index in [9.17, 15) is 4.79 Å². The quantitative estimate of drug-likeness (QED) is 0.826. The maximum Gasteiger partial charge on any atom is 0.330 e. The summed E-state index contributed by atoms with van der Waals surface area (Å²) in [4.78, 5) is 20.4. The van der Waals surface area contributed by atoms with Gasteiger partial charge in [-0.05, 0) is 56.1 Å². The van der Waals surface area contributed by atoms with Crippen molar-refractivity contribution in [3.63, 3.8) is 0 Å². The van der Waals surface area contributed by atoms with Crippen LogP contribution in [-0.4, -0.2) is 38.7 Å². The van der Waals surface area contributed by atoms with Crippen LogP contribution in [0.15, 0.2) is 23.1 Å². The molecule has 5 rings (SSSR count). The van der Waals surface area contributed by atoms with E-state index < -0.39 is 0 Å². The predicted octanol–water partition coefficient (Wildman–Crippen LogP) is 3.44. The minimum absolute atomic E-state index is 0.162. The maximum absolute atomic E-state index is 13.2. The van der Waals surface area contributed by atoms with Gasteiger partial charge in [0.25, 0.3) is 0 Å². The zero-order valence-corrected chi connectivity index (χ0v) is 15.6. The Hall–Kier alpha value is -1.62. The molecule has 3 fully saturated rings. The van der Waals surface area contributed by atoms with Crippen LogP contribution in [0.5, 0.6) is 0 Å². The van der Waals surface area contributed by atoms with Crippen LogP contribution in [-0.2, 0) is 6.54 Å². The minimum Gasteiger partial charge on any atom is -0.301 e. The molecular weight excluding hydrogens is 324 g/mol. The molecule has 0 amide bonds. The molecule has 0 aromatic carbocycles. The fourth-order valence-electron chi connectivity index (χ4n) is 5.10. The number of likely N-dealkylation sites (tertiary alicyclic amines) is 1. The lowest BCUT2D eigenvalue weighted by Gasteiger charge is -2.26. The summed E-state index contributed by atoms with van der Waals surface area (Å²) in [5.74, 6) is 1.56. The molecule has 5 nitrogen and oxygen atoms in total. The third-order valence-corrected chi connectivity index (χ3v) is 6.71. The molecule has 2 saturated carbocycles. The highest BCUT2D eigenvalue weighted by Gasteiger charge is 2.31. The van der Waals surface area contributed by atoms with Crippen molar-refractivity contribution in [3.8, 4) is 0 Å². The standard InChI is InChI=1S/C21H30N4O/c26-21-24(14-17-8-9-17)19-7-4-11-22-20(19)25(21)18-10-12-23(15-18)13-16-5-2-1-3-6-16/h4,7,11,16-18H,1-3,5-6,8-10,12-15H2/t18-/m1/s1. The molecule has 140 valence electrons. The van der Waals surface area contributed by atoms with Crippen molar-refractivity contribution >= 4 is 11.2 Å². The molecule has 2 aromatic rings. The largest absolute Gasteiger partial charge is 0.330 e. The Morgan fingerprint density at radius 3 is 2.62 bits per heavy atom. The SMILES string of the molecule is O=c1n(CC2CC2)c2cccnc2n1[C@@H]1CCN(CC2CCCCC2)C1. The zero-order valence-electron chi connectivity index (χ0n) is 15.6. The lowest BCUT2D eigenvalue weighted by atomic mass is 9.89. The van der Waals surface area contributed by atoms with E-state index in [2.05, 4.69) is 16.0 Å². The van der Waals surface area contributed by atoms with Gasteiger partial charge in [-0.15, -0.1) is 0 Å². The van der Waals surface area contributed by atoms with E-state index in [0.29, 0.717) is 5.92 Å². The van der Waals surface area contributed by atoms with Crippen molar-refractivity contribution in [1.29, 1.82) is 0 Å². The van der Waals surface area contributed by atoms with Crippen LogP contribution in [0.4, 0.5) is 0 Å². The smallest absolute Gasteiger partial charge is 0.301 e. The summed E-state index contributed by atoms with van der Waals surface area (Å²) in [6.07, 6.45) is 12.4. The average Bonchev–Trinajstić information content (AvgIpc) is 3.31. The normalized spacial score (nSPS) is 25.3. The summed E-state index contributed by atoms with van der Waals surface area (Å²) in [7, 11) is 0. The first kappa shape index (κ1) is 16.5. The summed E-state index contributed by atoms with van der Waals surface area (Å²) < 4.78 is 4.00. The lowest BCUT2D eigenvalue weighted by Crippen LogP contribution is -2.32. The van der Waals surface area contributed by atoms with Gasteiger partial charge >= 0.3 is 5.69 Å². The first-order valence-corrected chi connectivity index (χ1v) is 10.6. The molecule has 1 saturated heterocycles. The van der Waals surface area contributed by atoms with Gasteiger partial charge < -0.3 is 4.90 Å². The maximum atomic E-state index is 13.2. The second-order valence-electron chi connectivity index (χ2n) is 8.76. The molecule has 0 bridgehead atoms. The highest BCUT2D eigenvalue weighted by Crippen LogP contribution is 2.32. The first-order valence-electron chi connectivity index (χ1n) is 10.6. The van der Waals surface area contributed by atoms with Gasteiger partial charge in [0.2, 0.25) is 0 Å². The molecule has 5 heteroatoms. The Morgan fingerprint density at radius 1 is 1.00 bits per heavy atom. The van der Waals surface area contributed by atoms with Gasteiger partial charge in [-0.25, -0.2) is 9.78 Å². The Bertz CT molecular complexity index is 828. The van der Waals surface area contributed by atoms with Crippen molar-refractivity contribution in [3.05, 3.63) is 28.8 Å². The Balaban J connectivity index is 1.38. The third kappa shape index (κ3) is 3.11. The number of imidazole rings is 1. The number of hydrogen-bond donors (Lipinski definition) is 0. The van der Waals surface area contributed by atoms with Gasteiger partial charge in [0.05, 0.1) is 11.6 Å². The van der Waals surface area contributed by atoms with E-state index in [1.165, 1.54) is 51.5 Å². The highest BCUT2D eigenvalue weighted by molar-refractivity contribution is 5.71. The first-order chi connectivity index (χ1) is 12.8. The van der Waals surface area contributed by atoms with Crippen molar-refractivity contribution in [2.75, 3.05) is 19.6 Å². The van der Waals surface area contributed by atoms with Gasteiger partial charge in [-0.1, -0.05) is 19.3 Å². The van der Waals surface area contributed by atoms with Crippen molar-refractivity contribution in [2.24, 2.45) is 11.8 Å². The van der Waals surface area contributed by atoms with Gasteiger partial charge in [0.1, 0.15) is 0 Å². The molecule has 1 atom stereocenters. The van der Waals surface area contributed by atoms with Gasteiger partial charge in [0.15, 0.2) is 5.65 Å². The highest BCUT2D eigenvalue weighted by atomic mass is 16.1. The summed E-state index contributed by atoms with van der Waals surface area (Å²) in [5.41, 5.74) is 2.08. The van der Waals surface area contributed by atoms with Crippen LogP contribution in [0.1, 0.15) is 57.4 Å². The van der Waals surface area contributed by atoms with Gasteiger partial charge in [0, 0.05) is 32.4 Å². The van der Waals surface area contributed by atoms with E-state index in [1.54, 1.807) is 0 Å². The molecule has 0 spiro atoms. The van der Waals surface area contributed by atoms with Crippen molar-refractivity contribution in [1.82, 2.24) is 19.0 Å². The number of hydrogen-bond acceptors (Lipinski definition) is 3. The average molecular weight is 354 g/mol. The Morgan fingerprint density at radius 2 is 1.81 bits per heavy atom.